The van der Waals surface area contributed by atoms with Crippen LogP contribution in [0.4, 0.5) is 5.82 Å². The molecular weight excluding hydrogens is 268 g/mol. The first-order chi connectivity index (χ1) is 9.95. The third kappa shape index (κ3) is 2.99. The Morgan fingerprint density at radius 1 is 1.43 bits per heavy atom. The number of nitrogens with zero attached hydrogens (tertiary/aromatic N) is 3. The third-order valence-electron chi connectivity index (χ3n) is 3.80. The molecular formula is C15H22N4O2. The van der Waals surface area contributed by atoms with E-state index in [0.29, 0.717) is 24.5 Å². The fourth-order valence-corrected chi connectivity index (χ4v) is 2.61. The summed E-state index contributed by atoms with van der Waals surface area (Å²) >= 11 is 0. The van der Waals surface area contributed by atoms with Crippen LogP contribution in [0, 0.1) is 5.92 Å². The molecule has 114 valence electrons. The van der Waals surface area contributed by atoms with Crippen LogP contribution in [0.1, 0.15) is 24.2 Å². The number of piperazine rings is 1. The smallest absolute Gasteiger partial charge is 0.254 e. The lowest BCUT2D eigenvalue weighted by atomic mass is 9.98. The first-order valence-electron chi connectivity index (χ1n) is 7.15. The van der Waals surface area contributed by atoms with Gasteiger partial charge in [0.25, 0.3) is 5.91 Å². The SMILES string of the molecule is CNc1cc(C(=O)N2CCN(C)C(=O)[C@H]2C(C)C)ccn1. The van der Waals surface area contributed by atoms with Crippen molar-refractivity contribution in [2.24, 2.45) is 5.92 Å². The van der Waals surface area contributed by atoms with E-state index in [2.05, 4.69) is 10.3 Å². The standard InChI is InChI=1S/C15H22N4O2/c1-10(2)13-15(21)18(4)7-8-19(13)14(20)11-5-6-17-12(9-11)16-3/h5-6,9-10,13H,7-8H2,1-4H3,(H,16,17)/t13-/m1/s1. The zero-order valence-electron chi connectivity index (χ0n) is 13.0. The number of rotatable bonds is 3. The second-order valence-electron chi connectivity index (χ2n) is 5.63. The molecule has 0 saturated carbocycles. The van der Waals surface area contributed by atoms with Gasteiger partial charge in [0.05, 0.1) is 0 Å². The van der Waals surface area contributed by atoms with Crippen LogP contribution in [0.2, 0.25) is 0 Å². The number of anilines is 1. The highest BCUT2D eigenvalue weighted by atomic mass is 16.2. The number of hydrogen-bond acceptors (Lipinski definition) is 4. The van der Waals surface area contributed by atoms with Crippen molar-refractivity contribution in [2.75, 3.05) is 32.5 Å². The summed E-state index contributed by atoms with van der Waals surface area (Å²) in [7, 11) is 3.54. The lowest BCUT2D eigenvalue weighted by Gasteiger charge is -2.41. The molecule has 0 unspecified atom stereocenters. The summed E-state index contributed by atoms with van der Waals surface area (Å²) in [5.41, 5.74) is 0.553. The molecule has 1 N–H and O–H groups in total. The van der Waals surface area contributed by atoms with E-state index < -0.39 is 6.04 Å². The van der Waals surface area contributed by atoms with Crippen molar-refractivity contribution in [3.8, 4) is 0 Å². The zero-order chi connectivity index (χ0) is 15.6. The molecule has 1 aliphatic rings. The largest absolute Gasteiger partial charge is 0.373 e. The van der Waals surface area contributed by atoms with E-state index in [1.54, 1.807) is 42.2 Å². The van der Waals surface area contributed by atoms with Gasteiger partial charge in [-0.05, 0) is 18.1 Å². The molecule has 0 bridgehead atoms. The number of carbonyl (C=O) groups is 2. The summed E-state index contributed by atoms with van der Waals surface area (Å²) in [5.74, 6) is 0.610. The molecule has 2 rings (SSSR count). The molecule has 2 amide bonds. The molecule has 1 fully saturated rings. The monoisotopic (exact) mass is 290 g/mol. The van der Waals surface area contributed by atoms with E-state index in [-0.39, 0.29) is 17.7 Å². The minimum atomic E-state index is -0.401. The normalized spacial score (nSPS) is 19.1. The van der Waals surface area contributed by atoms with Crippen molar-refractivity contribution in [1.82, 2.24) is 14.8 Å². The van der Waals surface area contributed by atoms with Gasteiger partial charge in [-0.15, -0.1) is 0 Å². The highest BCUT2D eigenvalue weighted by Crippen LogP contribution is 2.21. The maximum atomic E-state index is 12.7. The molecule has 0 aliphatic carbocycles. The Morgan fingerprint density at radius 3 is 2.76 bits per heavy atom. The van der Waals surface area contributed by atoms with Crippen LogP contribution in [0.15, 0.2) is 18.3 Å². The summed E-state index contributed by atoms with van der Waals surface area (Å²) < 4.78 is 0. The van der Waals surface area contributed by atoms with Gasteiger partial charge in [0, 0.05) is 38.9 Å². The summed E-state index contributed by atoms with van der Waals surface area (Å²) in [6.07, 6.45) is 1.60. The van der Waals surface area contributed by atoms with Crippen molar-refractivity contribution in [2.45, 2.75) is 19.9 Å². The summed E-state index contributed by atoms with van der Waals surface area (Å²) in [6.45, 7) is 5.06. The predicted octanol–water partition coefficient (Wildman–Crippen LogP) is 1.06. The molecule has 1 aromatic rings. The van der Waals surface area contributed by atoms with Crippen LogP contribution < -0.4 is 5.32 Å². The minimum absolute atomic E-state index is 0.00694. The van der Waals surface area contributed by atoms with Crippen LogP contribution in [-0.4, -0.2) is 59.8 Å². The molecule has 0 radical (unpaired) electrons. The van der Waals surface area contributed by atoms with Gasteiger partial charge in [0.2, 0.25) is 5.91 Å². The predicted molar refractivity (Wildman–Crippen MR) is 81.1 cm³/mol. The third-order valence-corrected chi connectivity index (χ3v) is 3.80. The molecule has 1 aromatic heterocycles. The van der Waals surface area contributed by atoms with Crippen LogP contribution in [0.25, 0.3) is 0 Å². The first-order valence-corrected chi connectivity index (χ1v) is 7.15. The minimum Gasteiger partial charge on any atom is -0.373 e. The molecule has 1 saturated heterocycles. The highest BCUT2D eigenvalue weighted by Gasteiger charge is 2.38. The molecule has 1 atom stereocenters. The quantitative estimate of drug-likeness (QED) is 0.904. The van der Waals surface area contributed by atoms with Gasteiger partial charge >= 0.3 is 0 Å². The summed E-state index contributed by atoms with van der Waals surface area (Å²) in [6, 6.07) is 2.99. The molecule has 6 heteroatoms. The van der Waals surface area contributed by atoms with E-state index in [9.17, 15) is 9.59 Å². The van der Waals surface area contributed by atoms with Gasteiger partial charge in [0.1, 0.15) is 11.9 Å². The van der Waals surface area contributed by atoms with Gasteiger partial charge in [-0.2, -0.15) is 0 Å². The van der Waals surface area contributed by atoms with E-state index >= 15 is 0 Å². The Kier molecular flexibility index (Phi) is 4.45. The van der Waals surface area contributed by atoms with Crippen molar-refractivity contribution < 1.29 is 9.59 Å². The maximum absolute atomic E-state index is 12.7. The number of aromatic nitrogens is 1. The lowest BCUT2D eigenvalue weighted by Crippen LogP contribution is -2.59. The number of hydrogen-bond donors (Lipinski definition) is 1. The molecule has 6 nitrogen and oxygen atoms in total. The molecule has 0 spiro atoms. The zero-order valence-corrected chi connectivity index (χ0v) is 13.0. The Morgan fingerprint density at radius 2 is 2.14 bits per heavy atom. The van der Waals surface area contributed by atoms with Gasteiger partial charge in [-0.25, -0.2) is 4.98 Å². The number of carbonyl (C=O) groups excluding carboxylic acids is 2. The van der Waals surface area contributed by atoms with Gasteiger partial charge in [0.15, 0.2) is 0 Å². The molecule has 0 aromatic carbocycles. The molecule has 21 heavy (non-hydrogen) atoms. The Labute approximate surface area is 125 Å². The Hall–Kier alpha value is -2.11. The van der Waals surface area contributed by atoms with E-state index in [1.165, 1.54) is 0 Å². The average molecular weight is 290 g/mol. The highest BCUT2D eigenvalue weighted by molar-refractivity contribution is 5.98. The average Bonchev–Trinajstić information content (AvgIpc) is 2.48. The number of amides is 2. The van der Waals surface area contributed by atoms with Gasteiger partial charge in [-0.3, -0.25) is 9.59 Å². The molecule has 2 heterocycles. The Balaban J connectivity index is 2.29. The van der Waals surface area contributed by atoms with Gasteiger partial charge in [-0.1, -0.05) is 13.8 Å². The van der Waals surface area contributed by atoms with E-state index in [1.807, 2.05) is 13.8 Å². The number of nitrogens with one attached hydrogen (secondary N) is 1. The van der Waals surface area contributed by atoms with Crippen LogP contribution >= 0.6 is 0 Å². The second kappa shape index (κ2) is 6.11. The maximum Gasteiger partial charge on any atom is 0.254 e. The van der Waals surface area contributed by atoms with E-state index in [0.717, 1.165) is 0 Å². The number of likely N-dealkylation sites (N-methyl/N-ethyl adjacent to an activating group) is 1. The van der Waals surface area contributed by atoms with Crippen molar-refractivity contribution >= 4 is 17.6 Å². The van der Waals surface area contributed by atoms with Crippen molar-refractivity contribution in [3.63, 3.8) is 0 Å². The molecule has 1 aliphatic heterocycles. The van der Waals surface area contributed by atoms with Crippen molar-refractivity contribution in [1.29, 1.82) is 0 Å². The van der Waals surface area contributed by atoms with Crippen LogP contribution in [0.5, 0.6) is 0 Å². The summed E-state index contributed by atoms with van der Waals surface area (Å²) in [4.78, 5) is 32.6. The van der Waals surface area contributed by atoms with E-state index in [4.69, 9.17) is 0 Å². The summed E-state index contributed by atoms with van der Waals surface area (Å²) in [5, 5.41) is 2.92. The Bertz CT molecular complexity index is 544. The van der Waals surface area contributed by atoms with Crippen molar-refractivity contribution in [3.05, 3.63) is 23.9 Å². The topological polar surface area (TPSA) is 65.5 Å². The fraction of sp³-hybridized carbons (Fsp3) is 0.533. The first kappa shape index (κ1) is 15.3. The lowest BCUT2D eigenvalue weighted by molar-refractivity contribution is -0.140. The second-order valence-corrected chi connectivity index (χ2v) is 5.63. The fourth-order valence-electron chi connectivity index (χ4n) is 2.61. The van der Waals surface area contributed by atoms with Crippen LogP contribution in [0.3, 0.4) is 0 Å². The van der Waals surface area contributed by atoms with Gasteiger partial charge < -0.3 is 15.1 Å². The van der Waals surface area contributed by atoms with Crippen LogP contribution in [-0.2, 0) is 4.79 Å². The number of pyridine rings is 1.